The molecule has 0 radical (unpaired) electrons. The molecule has 0 saturated heterocycles. The fourth-order valence-electron chi connectivity index (χ4n) is 2.11. The third-order valence-corrected chi connectivity index (χ3v) is 3.73. The lowest BCUT2D eigenvalue weighted by atomic mass is 10.00. The van der Waals surface area contributed by atoms with Gasteiger partial charge in [0.15, 0.2) is 0 Å². The number of benzene rings is 1. The van der Waals surface area contributed by atoms with Crippen LogP contribution in [0, 0.1) is 17.4 Å². The third kappa shape index (κ3) is 3.13. The van der Waals surface area contributed by atoms with Crippen molar-refractivity contribution in [3.05, 3.63) is 56.5 Å². The molecular formula is C14H17IN2O. The van der Waals surface area contributed by atoms with Gasteiger partial charge >= 0.3 is 0 Å². The lowest BCUT2D eigenvalue weighted by Gasteiger charge is -2.15. The van der Waals surface area contributed by atoms with Crippen LogP contribution in [0.1, 0.15) is 28.7 Å². The minimum atomic E-state index is 0.0857. The first kappa shape index (κ1) is 13.6. The van der Waals surface area contributed by atoms with Crippen LogP contribution in [-0.4, -0.2) is 0 Å². The molecule has 0 spiro atoms. The average Bonchev–Trinajstić information content (AvgIpc) is 2.68. The standard InChI is InChI=1S/C14H17IN2O/c1-9-7-13(10(2)18-9)14(17-16)8-11-3-5-12(15)6-4-11/h3-7,14,17H,8,16H2,1-2H3. The molecule has 0 aliphatic rings. The molecule has 0 aliphatic carbocycles. The van der Waals surface area contributed by atoms with Crippen LogP contribution >= 0.6 is 22.6 Å². The number of hydrogen-bond donors (Lipinski definition) is 2. The predicted molar refractivity (Wildman–Crippen MR) is 81.1 cm³/mol. The van der Waals surface area contributed by atoms with Gasteiger partial charge in [0, 0.05) is 9.13 Å². The number of nitrogens with two attached hydrogens (primary N) is 1. The van der Waals surface area contributed by atoms with Crippen molar-refractivity contribution in [3.63, 3.8) is 0 Å². The van der Waals surface area contributed by atoms with Crippen molar-refractivity contribution in [2.75, 3.05) is 0 Å². The lowest BCUT2D eigenvalue weighted by molar-refractivity contribution is 0.484. The van der Waals surface area contributed by atoms with Gasteiger partial charge in [-0.25, -0.2) is 0 Å². The molecule has 0 saturated carbocycles. The van der Waals surface area contributed by atoms with E-state index in [0.29, 0.717) is 0 Å². The summed E-state index contributed by atoms with van der Waals surface area (Å²) in [5.74, 6) is 7.52. The van der Waals surface area contributed by atoms with Crippen molar-refractivity contribution in [3.8, 4) is 0 Å². The van der Waals surface area contributed by atoms with Gasteiger partial charge in [-0.05, 0) is 66.6 Å². The lowest BCUT2D eigenvalue weighted by Crippen LogP contribution is -2.29. The summed E-state index contributed by atoms with van der Waals surface area (Å²) in [6.07, 6.45) is 0.854. The van der Waals surface area contributed by atoms with E-state index >= 15 is 0 Å². The second-order valence-electron chi connectivity index (χ2n) is 4.42. The summed E-state index contributed by atoms with van der Waals surface area (Å²) in [6, 6.07) is 10.6. The maximum absolute atomic E-state index is 5.67. The summed E-state index contributed by atoms with van der Waals surface area (Å²) in [7, 11) is 0. The van der Waals surface area contributed by atoms with Gasteiger partial charge in [0.25, 0.3) is 0 Å². The molecule has 0 amide bonds. The maximum Gasteiger partial charge on any atom is 0.105 e. The number of rotatable bonds is 4. The zero-order valence-corrected chi connectivity index (χ0v) is 12.7. The summed E-state index contributed by atoms with van der Waals surface area (Å²) < 4.78 is 6.80. The first-order valence-corrected chi connectivity index (χ1v) is 6.95. The number of hydrogen-bond acceptors (Lipinski definition) is 3. The van der Waals surface area contributed by atoms with Crippen molar-refractivity contribution in [2.45, 2.75) is 26.3 Å². The highest BCUT2D eigenvalue weighted by Crippen LogP contribution is 2.24. The predicted octanol–water partition coefficient (Wildman–Crippen LogP) is 3.25. The van der Waals surface area contributed by atoms with Gasteiger partial charge in [0.2, 0.25) is 0 Å². The van der Waals surface area contributed by atoms with E-state index in [1.807, 2.05) is 19.9 Å². The van der Waals surface area contributed by atoms with Crippen LogP contribution in [0.2, 0.25) is 0 Å². The zero-order chi connectivity index (χ0) is 13.1. The molecule has 3 nitrogen and oxygen atoms in total. The van der Waals surface area contributed by atoms with E-state index in [1.54, 1.807) is 0 Å². The maximum atomic E-state index is 5.67. The smallest absolute Gasteiger partial charge is 0.105 e. The van der Waals surface area contributed by atoms with Gasteiger partial charge in [0.05, 0.1) is 6.04 Å². The van der Waals surface area contributed by atoms with Crippen LogP contribution in [0.4, 0.5) is 0 Å². The number of halogens is 1. The molecule has 1 atom stereocenters. The van der Waals surface area contributed by atoms with E-state index in [0.717, 1.165) is 23.5 Å². The molecule has 1 unspecified atom stereocenters. The highest BCUT2D eigenvalue weighted by Gasteiger charge is 2.16. The van der Waals surface area contributed by atoms with Crippen molar-refractivity contribution in [2.24, 2.45) is 5.84 Å². The van der Waals surface area contributed by atoms with E-state index in [9.17, 15) is 0 Å². The third-order valence-electron chi connectivity index (χ3n) is 3.01. The molecular weight excluding hydrogens is 339 g/mol. The second-order valence-corrected chi connectivity index (χ2v) is 5.66. The Hall–Kier alpha value is -0.850. The largest absolute Gasteiger partial charge is 0.466 e. The summed E-state index contributed by atoms with van der Waals surface area (Å²) >= 11 is 2.30. The molecule has 0 fully saturated rings. The van der Waals surface area contributed by atoms with Crippen LogP contribution in [0.25, 0.3) is 0 Å². The summed E-state index contributed by atoms with van der Waals surface area (Å²) in [5.41, 5.74) is 5.27. The topological polar surface area (TPSA) is 51.2 Å². The fourth-order valence-corrected chi connectivity index (χ4v) is 2.47. The summed E-state index contributed by atoms with van der Waals surface area (Å²) in [5, 5.41) is 0. The van der Waals surface area contributed by atoms with Crippen LogP contribution in [0.5, 0.6) is 0 Å². The molecule has 18 heavy (non-hydrogen) atoms. The Morgan fingerprint density at radius 1 is 1.28 bits per heavy atom. The van der Waals surface area contributed by atoms with Crippen LogP contribution < -0.4 is 11.3 Å². The molecule has 3 N–H and O–H groups in total. The summed E-state index contributed by atoms with van der Waals surface area (Å²) in [4.78, 5) is 0. The Kier molecular flexibility index (Phi) is 4.42. The Bertz CT molecular complexity index is 519. The van der Waals surface area contributed by atoms with Gasteiger partial charge in [-0.1, -0.05) is 12.1 Å². The molecule has 2 aromatic rings. The number of hydrazine groups is 1. The minimum absolute atomic E-state index is 0.0857. The number of furan rings is 1. The summed E-state index contributed by atoms with van der Waals surface area (Å²) in [6.45, 7) is 3.93. The minimum Gasteiger partial charge on any atom is -0.466 e. The normalized spacial score (nSPS) is 12.7. The van der Waals surface area contributed by atoms with Crippen molar-refractivity contribution >= 4 is 22.6 Å². The molecule has 96 valence electrons. The Labute approximate surface area is 121 Å². The van der Waals surface area contributed by atoms with E-state index in [-0.39, 0.29) is 6.04 Å². The first-order valence-electron chi connectivity index (χ1n) is 5.87. The molecule has 1 heterocycles. The highest BCUT2D eigenvalue weighted by atomic mass is 127. The van der Waals surface area contributed by atoms with Crippen molar-refractivity contribution < 1.29 is 4.42 Å². The molecule has 2 rings (SSSR count). The van der Waals surface area contributed by atoms with Gasteiger partial charge in [-0.3, -0.25) is 11.3 Å². The number of nitrogens with one attached hydrogen (secondary N) is 1. The molecule has 0 bridgehead atoms. The van der Waals surface area contributed by atoms with Crippen LogP contribution in [0.15, 0.2) is 34.7 Å². The van der Waals surface area contributed by atoms with E-state index < -0.39 is 0 Å². The van der Waals surface area contributed by atoms with Crippen molar-refractivity contribution in [1.29, 1.82) is 0 Å². The molecule has 0 aliphatic heterocycles. The van der Waals surface area contributed by atoms with Gasteiger partial charge in [0.1, 0.15) is 11.5 Å². The van der Waals surface area contributed by atoms with Crippen molar-refractivity contribution in [1.82, 2.24) is 5.43 Å². The molecule has 4 heteroatoms. The Morgan fingerprint density at radius 2 is 1.94 bits per heavy atom. The van der Waals surface area contributed by atoms with E-state index in [1.165, 1.54) is 9.13 Å². The molecule has 1 aromatic heterocycles. The monoisotopic (exact) mass is 356 g/mol. The first-order chi connectivity index (χ1) is 8.60. The van der Waals surface area contributed by atoms with E-state index in [2.05, 4.69) is 52.3 Å². The van der Waals surface area contributed by atoms with Crippen LogP contribution in [-0.2, 0) is 6.42 Å². The molecule has 1 aromatic carbocycles. The number of aryl methyl sites for hydroxylation is 2. The highest BCUT2D eigenvalue weighted by molar-refractivity contribution is 14.1. The quantitative estimate of drug-likeness (QED) is 0.502. The average molecular weight is 356 g/mol. The van der Waals surface area contributed by atoms with Gasteiger partial charge < -0.3 is 4.42 Å². The SMILES string of the molecule is Cc1cc(C(Cc2ccc(I)cc2)NN)c(C)o1. The van der Waals surface area contributed by atoms with Gasteiger partial charge in [-0.2, -0.15) is 0 Å². The second kappa shape index (κ2) is 5.86. The Balaban J connectivity index is 2.19. The zero-order valence-electron chi connectivity index (χ0n) is 10.5. The van der Waals surface area contributed by atoms with E-state index in [4.69, 9.17) is 10.3 Å². The van der Waals surface area contributed by atoms with Crippen LogP contribution in [0.3, 0.4) is 0 Å². The fraction of sp³-hybridized carbons (Fsp3) is 0.286. The Morgan fingerprint density at radius 3 is 2.44 bits per heavy atom. The van der Waals surface area contributed by atoms with Gasteiger partial charge in [-0.15, -0.1) is 0 Å².